The summed E-state index contributed by atoms with van der Waals surface area (Å²) >= 11 is 0. The normalized spacial score (nSPS) is 9.32. The van der Waals surface area contributed by atoms with Gasteiger partial charge >= 0.3 is 0 Å². The van der Waals surface area contributed by atoms with Gasteiger partial charge in [0.25, 0.3) is 0 Å². The van der Waals surface area contributed by atoms with Gasteiger partial charge < -0.3 is 11.1 Å². The first-order valence-corrected chi connectivity index (χ1v) is 5.50. The van der Waals surface area contributed by atoms with Gasteiger partial charge in [0, 0.05) is 30.4 Å². The SMILES string of the molecule is Cl.Cl.NCCCC(=O)Nc1ccnc2ccncc12. The number of pyridine rings is 2. The van der Waals surface area contributed by atoms with Crippen molar-refractivity contribution in [3.05, 3.63) is 30.7 Å². The summed E-state index contributed by atoms with van der Waals surface area (Å²) in [7, 11) is 0. The van der Waals surface area contributed by atoms with Crippen molar-refractivity contribution in [1.29, 1.82) is 0 Å². The van der Waals surface area contributed by atoms with Crippen LogP contribution in [0.2, 0.25) is 0 Å². The molecule has 0 atom stereocenters. The zero-order valence-corrected chi connectivity index (χ0v) is 11.8. The van der Waals surface area contributed by atoms with Crippen molar-refractivity contribution in [2.45, 2.75) is 12.8 Å². The molecule has 0 radical (unpaired) electrons. The number of fused-ring (bicyclic) bond motifs is 1. The largest absolute Gasteiger partial charge is 0.330 e. The molecule has 0 saturated carbocycles. The van der Waals surface area contributed by atoms with Gasteiger partial charge in [-0.25, -0.2) is 0 Å². The van der Waals surface area contributed by atoms with Gasteiger partial charge in [0.1, 0.15) is 0 Å². The van der Waals surface area contributed by atoms with Crippen LogP contribution in [0, 0.1) is 0 Å². The van der Waals surface area contributed by atoms with E-state index < -0.39 is 0 Å². The number of nitrogens with one attached hydrogen (secondary N) is 1. The van der Waals surface area contributed by atoms with E-state index in [2.05, 4.69) is 15.3 Å². The lowest BCUT2D eigenvalue weighted by molar-refractivity contribution is -0.116. The molecular weight excluding hydrogens is 287 g/mol. The third kappa shape index (κ3) is 4.63. The maximum absolute atomic E-state index is 11.6. The van der Waals surface area contributed by atoms with Crippen molar-refractivity contribution in [2.24, 2.45) is 5.73 Å². The van der Waals surface area contributed by atoms with Crippen molar-refractivity contribution < 1.29 is 4.79 Å². The fraction of sp³-hybridized carbons (Fsp3) is 0.250. The minimum atomic E-state index is -0.0354. The molecule has 0 aliphatic rings. The van der Waals surface area contributed by atoms with E-state index in [-0.39, 0.29) is 30.7 Å². The predicted molar refractivity (Wildman–Crippen MR) is 81.0 cm³/mol. The molecule has 0 bridgehead atoms. The highest BCUT2D eigenvalue weighted by Crippen LogP contribution is 2.19. The number of carbonyl (C=O) groups is 1. The van der Waals surface area contributed by atoms with Crippen molar-refractivity contribution in [2.75, 3.05) is 11.9 Å². The van der Waals surface area contributed by atoms with E-state index >= 15 is 0 Å². The van der Waals surface area contributed by atoms with E-state index in [9.17, 15) is 4.79 Å². The molecular formula is C12H16Cl2N4O. The number of hydrogen-bond donors (Lipinski definition) is 2. The van der Waals surface area contributed by atoms with Crippen LogP contribution in [-0.4, -0.2) is 22.4 Å². The highest BCUT2D eigenvalue weighted by Gasteiger charge is 2.05. The Morgan fingerprint density at radius 3 is 2.79 bits per heavy atom. The number of carbonyl (C=O) groups excluding carboxylic acids is 1. The van der Waals surface area contributed by atoms with Crippen LogP contribution >= 0.6 is 24.8 Å². The molecule has 0 aromatic carbocycles. The van der Waals surface area contributed by atoms with E-state index in [1.165, 1.54) is 0 Å². The first-order chi connectivity index (χ1) is 8.31. The molecule has 0 aliphatic heterocycles. The van der Waals surface area contributed by atoms with Gasteiger partial charge in [-0.15, -0.1) is 24.8 Å². The summed E-state index contributed by atoms with van der Waals surface area (Å²) in [6.07, 6.45) is 6.16. The summed E-state index contributed by atoms with van der Waals surface area (Å²) in [5.74, 6) is -0.0354. The van der Waals surface area contributed by atoms with Gasteiger partial charge in [-0.05, 0) is 25.1 Å². The summed E-state index contributed by atoms with van der Waals surface area (Å²) in [5.41, 5.74) is 6.92. The Morgan fingerprint density at radius 1 is 1.26 bits per heavy atom. The number of anilines is 1. The van der Waals surface area contributed by atoms with Gasteiger partial charge in [0.2, 0.25) is 5.91 Å². The highest BCUT2D eigenvalue weighted by molar-refractivity contribution is 6.00. The Labute approximate surface area is 123 Å². The van der Waals surface area contributed by atoms with Gasteiger partial charge in [0.05, 0.1) is 11.2 Å². The smallest absolute Gasteiger partial charge is 0.224 e. The second-order valence-corrected chi connectivity index (χ2v) is 3.69. The number of nitrogens with zero attached hydrogens (tertiary/aromatic N) is 2. The zero-order valence-electron chi connectivity index (χ0n) is 10.2. The molecule has 5 nitrogen and oxygen atoms in total. The van der Waals surface area contributed by atoms with Crippen molar-refractivity contribution >= 4 is 47.3 Å². The Kier molecular flexibility index (Phi) is 7.98. The second kappa shape index (κ2) is 8.63. The predicted octanol–water partition coefficient (Wildman–Crippen LogP) is 2.15. The molecule has 0 unspecified atom stereocenters. The van der Waals surface area contributed by atoms with Gasteiger partial charge in [-0.3, -0.25) is 14.8 Å². The molecule has 19 heavy (non-hydrogen) atoms. The van der Waals surface area contributed by atoms with E-state index in [1.807, 2.05) is 6.07 Å². The molecule has 1 amide bonds. The number of nitrogens with two attached hydrogens (primary N) is 1. The summed E-state index contributed by atoms with van der Waals surface area (Å²) in [6.45, 7) is 0.520. The Balaban J connectivity index is 0.00000162. The van der Waals surface area contributed by atoms with E-state index in [1.54, 1.807) is 24.7 Å². The third-order valence-electron chi connectivity index (χ3n) is 2.43. The highest BCUT2D eigenvalue weighted by atomic mass is 35.5. The first-order valence-electron chi connectivity index (χ1n) is 5.50. The lowest BCUT2D eigenvalue weighted by Gasteiger charge is -2.07. The molecule has 2 aromatic rings. The quantitative estimate of drug-likeness (QED) is 0.907. The maximum Gasteiger partial charge on any atom is 0.224 e. The van der Waals surface area contributed by atoms with Crippen LogP contribution in [0.3, 0.4) is 0 Å². The van der Waals surface area contributed by atoms with Crippen LogP contribution in [0.25, 0.3) is 10.9 Å². The molecule has 0 spiro atoms. The molecule has 3 N–H and O–H groups in total. The second-order valence-electron chi connectivity index (χ2n) is 3.69. The molecule has 2 rings (SSSR count). The third-order valence-corrected chi connectivity index (χ3v) is 2.43. The fourth-order valence-electron chi connectivity index (χ4n) is 1.57. The molecule has 7 heteroatoms. The molecule has 104 valence electrons. The summed E-state index contributed by atoms with van der Waals surface area (Å²) in [5, 5.41) is 3.69. The lowest BCUT2D eigenvalue weighted by Crippen LogP contribution is -2.13. The zero-order chi connectivity index (χ0) is 12.1. The Hall–Kier alpha value is -1.43. The fourth-order valence-corrected chi connectivity index (χ4v) is 1.57. The number of halogens is 2. The minimum Gasteiger partial charge on any atom is -0.330 e. The average Bonchev–Trinajstić information content (AvgIpc) is 2.37. The molecule has 2 heterocycles. The summed E-state index contributed by atoms with van der Waals surface area (Å²) in [4.78, 5) is 19.8. The van der Waals surface area contributed by atoms with Crippen molar-refractivity contribution in [1.82, 2.24) is 9.97 Å². The van der Waals surface area contributed by atoms with Gasteiger partial charge in [-0.1, -0.05) is 0 Å². The molecule has 0 aliphatic carbocycles. The van der Waals surface area contributed by atoms with Crippen LogP contribution in [0.1, 0.15) is 12.8 Å². The standard InChI is InChI=1S/C12H14N4O.2ClH/c13-5-1-2-12(17)16-11-4-7-15-10-3-6-14-8-9(10)11;;/h3-4,6-8H,1-2,5,13H2,(H,15,16,17);2*1H. The first kappa shape index (κ1) is 17.6. The monoisotopic (exact) mass is 302 g/mol. The van der Waals surface area contributed by atoms with Crippen LogP contribution in [-0.2, 0) is 4.79 Å². The van der Waals surface area contributed by atoms with Gasteiger partial charge in [0.15, 0.2) is 0 Å². The van der Waals surface area contributed by atoms with Crippen LogP contribution < -0.4 is 11.1 Å². The van der Waals surface area contributed by atoms with Crippen LogP contribution in [0.4, 0.5) is 5.69 Å². The minimum absolute atomic E-state index is 0. The van der Waals surface area contributed by atoms with Crippen LogP contribution in [0.5, 0.6) is 0 Å². The number of aromatic nitrogens is 2. The summed E-state index contributed by atoms with van der Waals surface area (Å²) < 4.78 is 0. The Bertz CT molecular complexity index is 531. The number of amides is 1. The number of hydrogen-bond acceptors (Lipinski definition) is 4. The molecule has 0 saturated heterocycles. The average molecular weight is 303 g/mol. The maximum atomic E-state index is 11.6. The molecule has 0 fully saturated rings. The van der Waals surface area contributed by atoms with E-state index in [4.69, 9.17) is 5.73 Å². The van der Waals surface area contributed by atoms with Crippen molar-refractivity contribution in [3.8, 4) is 0 Å². The van der Waals surface area contributed by atoms with Gasteiger partial charge in [-0.2, -0.15) is 0 Å². The summed E-state index contributed by atoms with van der Waals surface area (Å²) in [6, 6.07) is 3.58. The van der Waals surface area contributed by atoms with Crippen LogP contribution in [0.15, 0.2) is 30.7 Å². The number of rotatable bonds is 4. The Morgan fingerprint density at radius 2 is 2.05 bits per heavy atom. The van der Waals surface area contributed by atoms with E-state index in [0.717, 1.165) is 16.6 Å². The van der Waals surface area contributed by atoms with Crippen molar-refractivity contribution in [3.63, 3.8) is 0 Å². The molecule has 2 aromatic heterocycles. The topological polar surface area (TPSA) is 80.9 Å². The lowest BCUT2D eigenvalue weighted by atomic mass is 10.2. The van der Waals surface area contributed by atoms with E-state index in [0.29, 0.717) is 19.4 Å².